The summed E-state index contributed by atoms with van der Waals surface area (Å²) in [6.07, 6.45) is 1.18. The second kappa shape index (κ2) is 6.77. The first-order valence-electron chi connectivity index (χ1n) is 6.55. The van der Waals surface area contributed by atoms with Gasteiger partial charge in [-0.05, 0) is 31.0 Å². The van der Waals surface area contributed by atoms with Crippen LogP contribution in [-0.2, 0) is 6.54 Å². The van der Waals surface area contributed by atoms with Crippen LogP contribution in [0.25, 0.3) is 0 Å². The van der Waals surface area contributed by atoms with Gasteiger partial charge in [0.15, 0.2) is 0 Å². The largest absolute Gasteiger partial charge is 0.329 e. The van der Waals surface area contributed by atoms with Crippen LogP contribution >= 0.6 is 0 Å². The fraction of sp³-hybridized carbons (Fsp3) is 0.600. The maximum Gasteiger partial charge on any atom is 0.0244 e. The van der Waals surface area contributed by atoms with Gasteiger partial charge in [0.25, 0.3) is 0 Å². The number of benzene rings is 1. The molecule has 0 bridgehead atoms. The van der Waals surface area contributed by atoms with Crippen LogP contribution in [-0.4, -0.2) is 24.5 Å². The van der Waals surface area contributed by atoms with Crippen LogP contribution in [0.15, 0.2) is 24.3 Å². The average molecular weight is 234 g/mol. The summed E-state index contributed by atoms with van der Waals surface area (Å²) in [4.78, 5) is 2.39. The van der Waals surface area contributed by atoms with E-state index in [2.05, 4.69) is 57.0 Å². The fourth-order valence-electron chi connectivity index (χ4n) is 2.29. The Morgan fingerprint density at radius 1 is 1.29 bits per heavy atom. The van der Waals surface area contributed by atoms with Gasteiger partial charge in [0.2, 0.25) is 0 Å². The minimum atomic E-state index is 0.472. The summed E-state index contributed by atoms with van der Waals surface area (Å²) in [7, 11) is 2.18. The van der Waals surface area contributed by atoms with E-state index in [0.29, 0.717) is 12.0 Å². The zero-order chi connectivity index (χ0) is 12.8. The smallest absolute Gasteiger partial charge is 0.0244 e. The first-order valence-corrected chi connectivity index (χ1v) is 6.55. The molecular formula is C15H26N2. The molecule has 0 aliphatic rings. The van der Waals surface area contributed by atoms with E-state index < -0.39 is 0 Å². The summed E-state index contributed by atoms with van der Waals surface area (Å²) in [6.45, 7) is 8.40. The van der Waals surface area contributed by atoms with E-state index in [1.54, 1.807) is 0 Å². The Bertz CT molecular complexity index is 335. The molecule has 2 N–H and O–H groups in total. The first-order chi connectivity index (χ1) is 8.10. The minimum Gasteiger partial charge on any atom is -0.329 e. The maximum atomic E-state index is 5.90. The van der Waals surface area contributed by atoms with Crippen LogP contribution in [0.2, 0.25) is 0 Å². The van der Waals surface area contributed by atoms with Gasteiger partial charge in [-0.3, -0.25) is 4.90 Å². The van der Waals surface area contributed by atoms with Gasteiger partial charge in [-0.2, -0.15) is 0 Å². The molecule has 0 radical (unpaired) electrons. The maximum absolute atomic E-state index is 5.90. The standard InChI is InChI=1S/C15H26N2/c1-5-12(2)15(10-16)17(4)11-14-9-7-6-8-13(14)3/h6-9,12,15H,5,10-11,16H2,1-4H3. The third kappa shape index (κ3) is 3.83. The summed E-state index contributed by atoms with van der Waals surface area (Å²) in [5, 5.41) is 0. The third-order valence-electron chi connectivity index (χ3n) is 3.79. The summed E-state index contributed by atoms with van der Waals surface area (Å²) >= 11 is 0. The Labute approximate surface area is 106 Å². The van der Waals surface area contributed by atoms with E-state index in [0.717, 1.165) is 13.1 Å². The number of hydrogen-bond donors (Lipinski definition) is 1. The molecular weight excluding hydrogens is 208 g/mol. The molecule has 0 aromatic heterocycles. The topological polar surface area (TPSA) is 29.3 Å². The Morgan fingerprint density at radius 2 is 1.94 bits per heavy atom. The zero-order valence-electron chi connectivity index (χ0n) is 11.6. The van der Waals surface area contributed by atoms with Crippen molar-refractivity contribution < 1.29 is 0 Å². The zero-order valence-corrected chi connectivity index (χ0v) is 11.6. The van der Waals surface area contributed by atoms with Gasteiger partial charge < -0.3 is 5.73 Å². The predicted octanol–water partition coefficient (Wildman–Crippen LogP) is 2.80. The lowest BCUT2D eigenvalue weighted by atomic mass is 9.97. The van der Waals surface area contributed by atoms with Crippen LogP contribution in [0.3, 0.4) is 0 Å². The van der Waals surface area contributed by atoms with Crippen molar-refractivity contribution in [1.82, 2.24) is 4.90 Å². The van der Waals surface area contributed by atoms with Crippen molar-refractivity contribution in [2.75, 3.05) is 13.6 Å². The molecule has 0 saturated heterocycles. The first kappa shape index (κ1) is 14.2. The molecule has 0 fully saturated rings. The van der Waals surface area contributed by atoms with E-state index in [9.17, 15) is 0 Å². The lowest BCUT2D eigenvalue weighted by Gasteiger charge is -2.31. The van der Waals surface area contributed by atoms with Gasteiger partial charge in [-0.15, -0.1) is 0 Å². The fourth-order valence-corrected chi connectivity index (χ4v) is 2.29. The van der Waals surface area contributed by atoms with Crippen molar-refractivity contribution in [3.8, 4) is 0 Å². The number of nitrogens with zero attached hydrogens (tertiary/aromatic N) is 1. The van der Waals surface area contributed by atoms with Gasteiger partial charge in [0.05, 0.1) is 0 Å². The minimum absolute atomic E-state index is 0.472. The van der Waals surface area contributed by atoms with Crippen LogP contribution in [0.4, 0.5) is 0 Å². The van der Waals surface area contributed by atoms with E-state index in [1.807, 2.05) is 0 Å². The highest BCUT2D eigenvalue weighted by molar-refractivity contribution is 5.25. The molecule has 2 atom stereocenters. The van der Waals surface area contributed by atoms with Crippen LogP contribution in [0.5, 0.6) is 0 Å². The van der Waals surface area contributed by atoms with Crippen LogP contribution < -0.4 is 5.73 Å². The average Bonchev–Trinajstić information content (AvgIpc) is 2.32. The second-order valence-corrected chi connectivity index (χ2v) is 5.03. The molecule has 1 aromatic rings. The number of nitrogens with two attached hydrogens (primary N) is 1. The van der Waals surface area contributed by atoms with Crippen LogP contribution in [0.1, 0.15) is 31.4 Å². The summed E-state index contributed by atoms with van der Waals surface area (Å²) in [5.74, 6) is 0.647. The van der Waals surface area contributed by atoms with Crippen molar-refractivity contribution in [2.45, 2.75) is 39.8 Å². The Morgan fingerprint density at radius 3 is 2.47 bits per heavy atom. The van der Waals surface area contributed by atoms with Crippen LogP contribution in [0, 0.1) is 12.8 Å². The lowest BCUT2D eigenvalue weighted by molar-refractivity contribution is 0.178. The Balaban J connectivity index is 2.70. The third-order valence-corrected chi connectivity index (χ3v) is 3.79. The van der Waals surface area contributed by atoms with Gasteiger partial charge >= 0.3 is 0 Å². The molecule has 0 aliphatic carbocycles. The van der Waals surface area contributed by atoms with Gasteiger partial charge in [0, 0.05) is 19.1 Å². The summed E-state index contributed by atoms with van der Waals surface area (Å²) in [6, 6.07) is 9.05. The molecule has 2 unspecified atom stereocenters. The monoisotopic (exact) mass is 234 g/mol. The molecule has 0 amide bonds. The molecule has 0 saturated carbocycles. The highest BCUT2D eigenvalue weighted by Gasteiger charge is 2.19. The number of aryl methyl sites for hydroxylation is 1. The molecule has 17 heavy (non-hydrogen) atoms. The quantitative estimate of drug-likeness (QED) is 0.820. The Kier molecular flexibility index (Phi) is 5.66. The SMILES string of the molecule is CCC(C)C(CN)N(C)Cc1ccccc1C. The molecule has 0 spiro atoms. The number of hydrogen-bond acceptors (Lipinski definition) is 2. The molecule has 1 aromatic carbocycles. The highest BCUT2D eigenvalue weighted by atomic mass is 15.1. The molecule has 2 heteroatoms. The predicted molar refractivity (Wildman–Crippen MR) is 74.9 cm³/mol. The van der Waals surface area contributed by atoms with E-state index >= 15 is 0 Å². The summed E-state index contributed by atoms with van der Waals surface area (Å²) < 4.78 is 0. The lowest BCUT2D eigenvalue weighted by Crippen LogP contribution is -2.42. The number of likely N-dealkylation sites (N-methyl/N-ethyl adjacent to an activating group) is 1. The van der Waals surface area contributed by atoms with E-state index in [-0.39, 0.29) is 0 Å². The molecule has 0 heterocycles. The van der Waals surface area contributed by atoms with Gasteiger partial charge in [0.1, 0.15) is 0 Å². The van der Waals surface area contributed by atoms with Crippen molar-refractivity contribution >= 4 is 0 Å². The second-order valence-electron chi connectivity index (χ2n) is 5.03. The van der Waals surface area contributed by atoms with E-state index in [1.165, 1.54) is 17.5 Å². The van der Waals surface area contributed by atoms with Gasteiger partial charge in [-0.25, -0.2) is 0 Å². The van der Waals surface area contributed by atoms with Crippen molar-refractivity contribution in [1.29, 1.82) is 0 Å². The molecule has 2 nitrogen and oxygen atoms in total. The van der Waals surface area contributed by atoms with Gasteiger partial charge in [-0.1, -0.05) is 44.5 Å². The molecule has 1 rings (SSSR count). The highest BCUT2D eigenvalue weighted by Crippen LogP contribution is 2.16. The molecule has 96 valence electrons. The summed E-state index contributed by atoms with van der Waals surface area (Å²) in [5.41, 5.74) is 8.66. The van der Waals surface area contributed by atoms with Crippen molar-refractivity contribution in [3.05, 3.63) is 35.4 Å². The normalized spacial score (nSPS) is 14.9. The van der Waals surface area contributed by atoms with Crippen molar-refractivity contribution in [2.24, 2.45) is 11.7 Å². The number of rotatable bonds is 6. The molecule has 0 aliphatic heterocycles. The van der Waals surface area contributed by atoms with Crippen molar-refractivity contribution in [3.63, 3.8) is 0 Å². The Hall–Kier alpha value is -0.860. The van der Waals surface area contributed by atoms with E-state index in [4.69, 9.17) is 5.73 Å².